The zero-order valence-corrected chi connectivity index (χ0v) is 13.4. The van der Waals surface area contributed by atoms with Crippen molar-refractivity contribution in [2.45, 2.75) is 38.6 Å². The summed E-state index contributed by atoms with van der Waals surface area (Å²) in [5, 5.41) is 3.59. The van der Waals surface area contributed by atoms with Crippen LogP contribution in [0, 0.1) is 0 Å². The first-order valence-corrected chi connectivity index (χ1v) is 7.87. The molecule has 1 aliphatic heterocycles. The van der Waals surface area contributed by atoms with Gasteiger partial charge in [-0.1, -0.05) is 6.92 Å². The maximum atomic E-state index is 11.6. The molecule has 0 unspecified atom stereocenters. The van der Waals surface area contributed by atoms with Crippen LogP contribution in [0.4, 0.5) is 0 Å². The number of amides is 1. The van der Waals surface area contributed by atoms with E-state index in [0.717, 1.165) is 58.5 Å². The zero-order valence-electron chi connectivity index (χ0n) is 13.4. The fraction of sp³-hybridized carbons (Fsp3) is 0.933. The number of hydrogen-bond donors (Lipinski definition) is 1. The predicted octanol–water partition coefficient (Wildman–Crippen LogP) is 0.945. The monoisotopic (exact) mass is 285 g/mol. The van der Waals surface area contributed by atoms with Crippen LogP contribution in [-0.2, 0) is 9.53 Å². The average molecular weight is 285 g/mol. The number of hydrogen-bond acceptors (Lipinski definition) is 4. The molecule has 20 heavy (non-hydrogen) atoms. The van der Waals surface area contributed by atoms with Crippen molar-refractivity contribution in [2.24, 2.45) is 0 Å². The Morgan fingerprint density at radius 3 is 2.60 bits per heavy atom. The smallest absolute Gasteiger partial charge is 0.236 e. The number of likely N-dealkylation sites (N-methyl/N-ethyl adjacent to an activating group) is 1. The van der Waals surface area contributed by atoms with Gasteiger partial charge in [0.05, 0.1) is 6.54 Å². The van der Waals surface area contributed by atoms with E-state index in [1.165, 1.54) is 0 Å². The summed E-state index contributed by atoms with van der Waals surface area (Å²) >= 11 is 0. The van der Waals surface area contributed by atoms with E-state index in [-0.39, 0.29) is 5.91 Å². The predicted molar refractivity (Wildman–Crippen MR) is 81.9 cm³/mol. The number of nitrogens with one attached hydrogen (secondary N) is 1. The van der Waals surface area contributed by atoms with E-state index in [1.54, 1.807) is 4.90 Å². The summed E-state index contributed by atoms with van der Waals surface area (Å²) in [6.45, 7) is 7.49. The molecule has 5 nitrogen and oxygen atoms in total. The van der Waals surface area contributed by atoms with E-state index in [1.807, 2.05) is 14.1 Å². The lowest BCUT2D eigenvalue weighted by Crippen LogP contribution is -2.46. The molecule has 1 saturated heterocycles. The molecule has 0 radical (unpaired) electrons. The molecule has 118 valence electrons. The van der Waals surface area contributed by atoms with Crippen molar-refractivity contribution < 1.29 is 9.53 Å². The van der Waals surface area contributed by atoms with E-state index < -0.39 is 0 Å². The molecule has 1 aliphatic rings. The molecule has 0 aromatic carbocycles. The number of carbonyl (C=O) groups excluding carboxylic acids is 1. The highest BCUT2D eigenvalue weighted by Gasteiger charge is 2.20. The number of likely N-dealkylation sites (tertiary alicyclic amines) is 1. The van der Waals surface area contributed by atoms with Crippen molar-refractivity contribution in [2.75, 3.05) is 53.5 Å². The molecule has 1 rings (SSSR count). The third-order valence-corrected chi connectivity index (χ3v) is 3.69. The van der Waals surface area contributed by atoms with Crippen LogP contribution in [0.15, 0.2) is 0 Å². The minimum absolute atomic E-state index is 0.199. The molecular formula is C15H31N3O2. The second-order valence-corrected chi connectivity index (χ2v) is 5.76. The van der Waals surface area contributed by atoms with E-state index in [0.29, 0.717) is 12.6 Å². The lowest BCUT2D eigenvalue weighted by Gasteiger charge is -2.32. The Kier molecular flexibility index (Phi) is 8.82. The topological polar surface area (TPSA) is 44.8 Å². The highest BCUT2D eigenvalue weighted by molar-refractivity contribution is 5.77. The Morgan fingerprint density at radius 1 is 1.30 bits per heavy atom. The first kappa shape index (κ1) is 17.4. The molecule has 0 aromatic heterocycles. The zero-order chi connectivity index (χ0) is 14.8. The molecule has 0 saturated carbocycles. The van der Waals surface area contributed by atoms with Gasteiger partial charge in [0.25, 0.3) is 0 Å². The van der Waals surface area contributed by atoms with Crippen molar-refractivity contribution in [1.82, 2.24) is 15.1 Å². The van der Waals surface area contributed by atoms with Crippen LogP contribution in [-0.4, -0.2) is 75.2 Å². The summed E-state index contributed by atoms with van der Waals surface area (Å²) < 4.78 is 5.47. The van der Waals surface area contributed by atoms with Crippen LogP contribution in [0.1, 0.15) is 32.6 Å². The molecular weight excluding hydrogens is 254 g/mol. The highest BCUT2D eigenvalue weighted by atomic mass is 16.5. The Morgan fingerprint density at radius 2 is 2.00 bits per heavy atom. The van der Waals surface area contributed by atoms with Gasteiger partial charge in [0.15, 0.2) is 0 Å². The van der Waals surface area contributed by atoms with Crippen LogP contribution >= 0.6 is 0 Å². The Balaban J connectivity index is 2.03. The second-order valence-electron chi connectivity index (χ2n) is 5.76. The van der Waals surface area contributed by atoms with E-state index in [4.69, 9.17) is 4.74 Å². The third-order valence-electron chi connectivity index (χ3n) is 3.69. The van der Waals surface area contributed by atoms with Crippen LogP contribution in [0.2, 0.25) is 0 Å². The van der Waals surface area contributed by atoms with Gasteiger partial charge in [-0.25, -0.2) is 0 Å². The van der Waals surface area contributed by atoms with Crippen molar-refractivity contribution in [1.29, 1.82) is 0 Å². The van der Waals surface area contributed by atoms with Crippen molar-refractivity contribution in [3.8, 4) is 0 Å². The Labute approximate surface area is 123 Å². The number of ether oxygens (including phenoxy) is 1. The van der Waals surface area contributed by atoms with Crippen LogP contribution in [0.5, 0.6) is 0 Å². The molecule has 1 N–H and O–H groups in total. The van der Waals surface area contributed by atoms with Gasteiger partial charge in [0.2, 0.25) is 5.91 Å². The normalized spacial score (nSPS) is 17.4. The minimum atomic E-state index is 0.199. The Bertz CT molecular complexity index is 264. The van der Waals surface area contributed by atoms with E-state index >= 15 is 0 Å². The van der Waals surface area contributed by atoms with Gasteiger partial charge in [0, 0.05) is 46.4 Å². The van der Waals surface area contributed by atoms with Crippen LogP contribution in [0.25, 0.3) is 0 Å². The molecule has 0 atom stereocenters. The maximum Gasteiger partial charge on any atom is 0.236 e. The fourth-order valence-electron chi connectivity index (χ4n) is 2.35. The number of piperidine rings is 1. The minimum Gasteiger partial charge on any atom is -0.381 e. The average Bonchev–Trinajstić information content (AvgIpc) is 2.44. The molecule has 1 amide bonds. The third kappa shape index (κ3) is 7.22. The molecule has 0 spiro atoms. The van der Waals surface area contributed by atoms with Gasteiger partial charge in [-0.15, -0.1) is 0 Å². The van der Waals surface area contributed by atoms with Crippen molar-refractivity contribution in [3.63, 3.8) is 0 Å². The largest absolute Gasteiger partial charge is 0.381 e. The second kappa shape index (κ2) is 10.1. The number of carbonyl (C=O) groups is 1. The summed E-state index contributed by atoms with van der Waals surface area (Å²) in [7, 11) is 3.63. The van der Waals surface area contributed by atoms with Crippen molar-refractivity contribution in [3.05, 3.63) is 0 Å². The summed E-state index contributed by atoms with van der Waals surface area (Å²) in [5.41, 5.74) is 0. The lowest BCUT2D eigenvalue weighted by atomic mass is 10.0. The first-order valence-electron chi connectivity index (χ1n) is 7.87. The maximum absolute atomic E-state index is 11.6. The highest BCUT2D eigenvalue weighted by Crippen LogP contribution is 2.10. The van der Waals surface area contributed by atoms with E-state index in [9.17, 15) is 4.79 Å². The SMILES string of the molecule is CCCOCCCNC1CCN(CC(=O)N(C)C)CC1. The quantitative estimate of drug-likeness (QED) is 0.641. The first-order chi connectivity index (χ1) is 9.63. The molecule has 0 bridgehead atoms. The molecule has 1 fully saturated rings. The number of rotatable bonds is 9. The van der Waals surface area contributed by atoms with Gasteiger partial charge in [0.1, 0.15) is 0 Å². The van der Waals surface area contributed by atoms with Gasteiger partial charge in [-0.3, -0.25) is 9.69 Å². The van der Waals surface area contributed by atoms with Gasteiger partial charge in [-0.2, -0.15) is 0 Å². The van der Waals surface area contributed by atoms with Crippen LogP contribution in [0.3, 0.4) is 0 Å². The number of nitrogens with zero attached hydrogens (tertiary/aromatic N) is 2. The van der Waals surface area contributed by atoms with Gasteiger partial charge in [-0.05, 0) is 32.2 Å². The van der Waals surface area contributed by atoms with Gasteiger partial charge < -0.3 is 15.0 Å². The van der Waals surface area contributed by atoms with E-state index in [2.05, 4.69) is 17.1 Å². The van der Waals surface area contributed by atoms with Crippen LogP contribution < -0.4 is 5.32 Å². The summed E-state index contributed by atoms with van der Waals surface area (Å²) in [6, 6.07) is 0.604. The van der Waals surface area contributed by atoms with Crippen molar-refractivity contribution >= 4 is 5.91 Å². The molecule has 5 heteroatoms. The Hall–Kier alpha value is -0.650. The molecule has 0 aromatic rings. The summed E-state index contributed by atoms with van der Waals surface area (Å²) in [6.07, 6.45) is 4.45. The summed E-state index contributed by atoms with van der Waals surface area (Å²) in [4.78, 5) is 15.6. The lowest BCUT2D eigenvalue weighted by molar-refractivity contribution is -0.130. The molecule has 1 heterocycles. The summed E-state index contributed by atoms with van der Waals surface area (Å²) in [5.74, 6) is 0.199. The molecule has 0 aliphatic carbocycles. The fourth-order valence-corrected chi connectivity index (χ4v) is 2.35. The van der Waals surface area contributed by atoms with Gasteiger partial charge >= 0.3 is 0 Å². The standard InChI is InChI=1S/C15H31N3O2/c1-4-11-20-12-5-8-16-14-6-9-18(10-7-14)13-15(19)17(2)3/h14,16H,4-13H2,1-3H3.